The first kappa shape index (κ1) is 18.0. The fourth-order valence-corrected chi connectivity index (χ4v) is 3.39. The van der Waals surface area contributed by atoms with Crippen LogP contribution in [0.4, 0.5) is 0 Å². The Balaban J connectivity index is 1.81. The minimum atomic E-state index is -0.592. The summed E-state index contributed by atoms with van der Waals surface area (Å²) in [6, 6.07) is 14.6. The van der Waals surface area contributed by atoms with Crippen LogP contribution in [0.3, 0.4) is 0 Å². The molecule has 26 heavy (non-hydrogen) atoms. The van der Waals surface area contributed by atoms with Gasteiger partial charge in [0.15, 0.2) is 0 Å². The van der Waals surface area contributed by atoms with Crippen LogP contribution in [-0.2, 0) is 22.6 Å². The highest BCUT2D eigenvalue weighted by atomic mass is 16.5. The van der Waals surface area contributed by atoms with E-state index in [-0.39, 0.29) is 17.9 Å². The number of nitrogens with zero attached hydrogens (tertiary/aromatic N) is 1. The smallest absolute Gasteiger partial charge is 0.247 e. The van der Waals surface area contributed by atoms with Crippen molar-refractivity contribution >= 4 is 11.8 Å². The normalized spacial score (nSPS) is 16.4. The Hall–Kier alpha value is -2.82. The molecular weight excluding hydrogens is 328 g/mol. The van der Waals surface area contributed by atoms with Crippen LogP contribution in [0.5, 0.6) is 5.75 Å². The zero-order valence-corrected chi connectivity index (χ0v) is 15.4. The lowest BCUT2D eigenvalue weighted by Crippen LogP contribution is -2.50. The Kier molecular flexibility index (Phi) is 5.26. The van der Waals surface area contributed by atoms with Gasteiger partial charge in [0.2, 0.25) is 11.8 Å². The minimum absolute atomic E-state index is 0.0108. The van der Waals surface area contributed by atoms with Crippen LogP contribution >= 0.6 is 0 Å². The number of hydrogen-bond acceptors (Lipinski definition) is 3. The van der Waals surface area contributed by atoms with E-state index in [1.807, 2.05) is 62.4 Å². The van der Waals surface area contributed by atoms with Crippen molar-refractivity contribution in [3.63, 3.8) is 0 Å². The first-order chi connectivity index (χ1) is 12.5. The molecule has 1 heterocycles. The third-order valence-electron chi connectivity index (χ3n) is 4.69. The lowest BCUT2D eigenvalue weighted by atomic mass is 9.90. The number of amides is 2. The maximum Gasteiger partial charge on any atom is 0.247 e. The third kappa shape index (κ3) is 3.57. The predicted molar refractivity (Wildman–Crippen MR) is 99.7 cm³/mol. The van der Waals surface area contributed by atoms with Crippen molar-refractivity contribution < 1.29 is 14.3 Å². The topological polar surface area (TPSA) is 58.6 Å². The average molecular weight is 352 g/mol. The number of hydrogen-bond donors (Lipinski definition) is 1. The number of carbonyl (C=O) groups excluding carboxylic acids is 2. The first-order valence-electron chi connectivity index (χ1n) is 8.81. The molecule has 5 heteroatoms. The summed E-state index contributed by atoms with van der Waals surface area (Å²) in [5, 5.41) is 2.98. The Morgan fingerprint density at radius 1 is 1.19 bits per heavy atom. The predicted octanol–water partition coefficient (Wildman–Crippen LogP) is 2.85. The van der Waals surface area contributed by atoms with Crippen molar-refractivity contribution in [1.29, 1.82) is 0 Å². The number of nitrogens with one attached hydrogen (secondary N) is 1. The molecule has 1 atom stereocenters. The number of fused-ring (bicyclic) bond motifs is 1. The van der Waals surface area contributed by atoms with E-state index in [0.717, 1.165) is 22.4 Å². The molecule has 1 N–H and O–H groups in total. The van der Waals surface area contributed by atoms with Crippen LogP contribution in [-0.4, -0.2) is 29.9 Å². The van der Waals surface area contributed by atoms with E-state index in [4.69, 9.17) is 4.74 Å². The van der Waals surface area contributed by atoms with Crippen molar-refractivity contribution in [2.45, 2.75) is 38.9 Å². The van der Waals surface area contributed by atoms with Crippen LogP contribution in [0, 0.1) is 0 Å². The molecule has 2 aromatic rings. The number of carbonyl (C=O) groups is 2. The quantitative estimate of drug-likeness (QED) is 0.900. The second kappa shape index (κ2) is 7.60. The molecule has 0 saturated carbocycles. The Morgan fingerprint density at radius 2 is 1.88 bits per heavy atom. The van der Waals surface area contributed by atoms with E-state index in [0.29, 0.717) is 13.0 Å². The molecule has 2 amide bonds. The van der Waals surface area contributed by atoms with Gasteiger partial charge in [-0.15, -0.1) is 0 Å². The molecule has 1 aliphatic heterocycles. The SMILES string of the molecule is COc1ccc(CNC(=O)C2c3ccccc3CC(=O)N2C(C)C)cc1. The van der Waals surface area contributed by atoms with Crippen molar-refractivity contribution in [3.8, 4) is 5.75 Å². The van der Waals surface area contributed by atoms with Gasteiger partial charge in [-0.2, -0.15) is 0 Å². The molecule has 0 aromatic heterocycles. The molecule has 2 aromatic carbocycles. The summed E-state index contributed by atoms with van der Waals surface area (Å²) in [6.45, 7) is 4.28. The number of rotatable bonds is 5. The lowest BCUT2D eigenvalue weighted by molar-refractivity contribution is -0.143. The van der Waals surface area contributed by atoms with E-state index in [9.17, 15) is 9.59 Å². The zero-order valence-electron chi connectivity index (χ0n) is 15.4. The molecule has 0 fully saturated rings. The molecule has 0 bridgehead atoms. The zero-order chi connectivity index (χ0) is 18.7. The Bertz CT molecular complexity index is 799. The minimum Gasteiger partial charge on any atom is -0.497 e. The van der Waals surface area contributed by atoms with Gasteiger partial charge in [0, 0.05) is 12.6 Å². The van der Waals surface area contributed by atoms with E-state index in [1.54, 1.807) is 12.0 Å². The Labute approximate surface area is 154 Å². The van der Waals surface area contributed by atoms with Crippen LogP contribution < -0.4 is 10.1 Å². The van der Waals surface area contributed by atoms with E-state index in [2.05, 4.69) is 5.32 Å². The van der Waals surface area contributed by atoms with Crippen molar-refractivity contribution in [2.75, 3.05) is 7.11 Å². The molecule has 136 valence electrons. The van der Waals surface area contributed by atoms with Gasteiger partial charge < -0.3 is 15.0 Å². The van der Waals surface area contributed by atoms with Crippen LogP contribution in [0.1, 0.15) is 36.6 Å². The van der Waals surface area contributed by atoms with Gasteiger partial charge in [-0.25, -0.2) is 0 Å². The Morgan fingerprint density at radius 3 is 2.54 bits per heavy atom. The summed E-state index contributed by atoms with van der Waals surface area (Å²) < 4.78 is 5.15. The summed E-state index contributed by atoms with van der Waals surface area (Å²) in [4.78, 5) is 27.3. The lowest BCUT2D eigenvalue weighted by Gasteiger charge is -2.39. The van der Waals surface area contributed by atoms with Gasteiger partial charge in [-0.1, -0.05) is 36.4 Å². The van der Waals surface area contributed by atoms with Gasteiger partial charge in [-0.05, 0) is 42.7 Å². The van der Waals surface area contributed by atoms with Crippen molar-refractivity contribution in [2.24, 2.45) is 0 Å². The summed E-state index contributed by atoms with van der Waals surface area (Å²) in [7, 11) is 1.62. The molecule has 0 spiro atoms. The summed E-state index contributed by atoms with van der Waals surface area (Å²) in [6.07, 6.45) is 0.344. The second-order valence-electron chi connectivity index (χ2n) is 6.74. The number of methoxy groups -OCH3 is 1. The molecular formula is C21H24N2O3. The number of benzene rings is 2. The van der Waals surface area contributed by atoms with Crippen LogP contribution in [0.15, 0.2) is 48.5 Å². The number of ether oxygens (including phenoxy) is 1. The van der Waals surface area contributed by atoms with E-state index >= 15 is 0 Å². The molecule has 1 unspecified atom stereocenters. The van der Waals surface area contributed by atoms with Gasteiger partial charge in [0.25, 0.3) is 0 Å². The third-order valence-corrected chi connectivity index (χ3v) is 4.69. The molecule has 0 aliphatic carbocycles. The standard InChI is InChI=1S/C21H24N2O3/c1-14(2)23-19(24)12-16-6-4-5-7-18(16)20(23)21(25)22-13-15-8-10-17(26-3)11-9-15/h4-11,14,20H,12-13H2,1-3H3,(H,22,25). The highest BCUT2D eigenvalue weighted by molar-refractivity contribution is 5.92. The molecule has 0 radical (unpaired) electrons. The molecule has 0 saturated heterocycles. The fourth-order valence-electron chi connectivity index (χ4n) is 3.39. The van der Waals surface area contributed by atoms with Gasteiger partial charge in [0.05, 0.1) is 13.5 Å². The van der Waals surface area contributed by atoms with E-state index < -0.39 is 6.04 Å². The largest absolute Gasteiger partial charge is 0.497 e. The van der Waals surface area contributed by atoms with Crippen molar-refractivity contribution in [1.82, 2.24) is 10.2 Å². The highest BCUT2D eigenvalue weighted by Crippen LogP contribution is 2.32. The molecule has 3 rings (SSSR count). The highest BCUT2D eigenvalue weighted by Gasteiger charge is 2.38. The molecule has 5 nitrogen and oxygen atoms in total. The maximum atomic E-state index is 13.0. The first-order valence-corrected chi connectivity index (χ1v) is 8.81. The van der Waals surface area contributed by atoms with Crippen LogP contribution in [0.2, 0.25) is 0 Å². The summed E-state index contributed by atoms with van der Waals surface area (Å²) >= 11 is 0. The second-order valence-corrected chi connectivity index (χ2v) is 6.74. The monoisotopic (exact) mass is 352 g/mol. The average Bonchev–Trinajstić information content (AvgIpc) is 2.65. The maximum absolute atomic E-state index is 13.0. The summed E-state index contributed by atoms with van der Waals surface area (Å²) in [5.41, 5.74) is 2.82. The van der Waals surface area contributed by atoms with Crippen LogP contribution in [0.25, 0.3) is 0 Å². The van der Waals surface area contributed by atoms with Gasteiger partial charge in [-0.3, -0.25) is 9.59 Å². The van der Waals surface area contributed by atoms with Gasteiger partial charge in [0.1, 0.15) is 11.8 Å². The van der Waals surface area contributed by atoms with Gasteiger partial charge >= 0.3 is 0 Å². The van der Waals surface area contributed by atoms with Crippen molar-refractivity contribution in [3.05, 3.63) is 65.2 Å². The van der Waals surface area contributed by atoms with E-state index in [1.165, 1.54) is 0 Å². The fraction of sp³-hybridized carbons (Fsp3) is 0.333. The molecule has 1 aliphatic rings. The summed E-state index contributed by atoms with van der Waals surface area (Å²) in [5.74, 6) is 0.608.